The average Bonchev–Trinajstić information content (AvgIpc) is 1.70. The van der Waals surface area contributed by atoms with Crippen molar-refractivity contribution in [3.63, 3.8) is 0 Å². The molecule has 0 saturated carbocycles. The van der Waals surface area contributed by atoms with Crippen LogP contribution in [0.25, 0.3) is 26.4 Å². The Morgan fingerprint density at radius 1 is 1.44 bits per heavy atom. The van der Waals surface area contributed by atoms with Crippen molar-refractivity contribution in [2.45, 2.75) is 0 Å². The first-order chi connectivity index (χ1) is 4.24. The van der Waals surface area contributed by atoms with E-state index in [1.54, 1.807) is 4.91 Å². The molecule has 0 rings (SSSR count). The summed E-state index contributed by atoms with van der Waals surface area (Å²) in [6.45, 7) is -0.250. The molecule has 0 aromatic rings. The Morgan fingerprint density at radius 3 is 1.44 bits per heavy atom. The molecule has 0 bridgehead atoms. The molecule has 2 N–H and O–H groups in total. The van der Waals surface area contributed by atoms with Gasteiger partial charge in [0, 0.05) is 0 Å². The van der Waals surface area contributed by atoms with Crippen LogP contribution in [0.3, 0.4) is 0 Å². The van der Waals surface area contributed by atoms with Crippen LogP contribution >= 0.6 is 0 Å². The number of rotatable bonds is 0. The molecule has 0 fully saturated rings. The Morgan fingerprint density at radius 2 is 1.44 bits per heavy atom. The fraction of sp³-hybridized carbons (Fsp3) is 0. The van der Waals surface area contributed by atoms with E-state index in [9.17, 15) is 0 Å². The van der Waals surface area contributed by atoms with Gasteiger partial charge in [-0.2, -0.15) is 0 Å². The fourth-order valence-corrected chi connectivity index (χ4v) is 0. The van der Waals surface area contributed by atoms with Crippen molar-refractivity contribution < 1.29 is 9.90 Å². The lowest BCUT2D eigenvalue weighted by Gasteiger charge is -1.34. The second kappa shape index (κ2) is 133. The molecule has 0 aromatic heterocycles. The normalized spacial score (nSPS) is 3.11. The van der Waals surface area contributed by atoms with E-state index in [4.69, 9.17) is 32.0 Å². The molecule has 0 radical (unpaired) electrons. The minimum atomic E-state index is -0.250. The molecule has 9 heavy (non-hydrogen) atoms. The number of carboxylic acid groups (broad SMARTS) is 1. The third-order valence-electron chi connectivity index (χ3n) is 0. The largest absolute Gasteiger partial charge is 0.483 e. The van der Waals surface area contributed by atoms with E-state index in [2.05, 4.69) is 0 Å². The van der Waals surface area contributed by atoms with Crippen LogP contribution in [0, 0.1) is 5.53 Å². The molecule has 0 aromatic carbocycles. The molecule has 0 aliphatic heterocycles. The summed E-state index contributed by atoms with van der Waals surface area (Å²) in [5.41, 5.74) is 25.8. The topological polar surface area (TPSA) is 156 Å². The molecule has 0 spiro atoms. The van der Waals surface area contributed by atoms with Gasteiger partial charge in [0.1, 0.15) is 0 Å². The van der Waals surface area contributed by atoms with Crippen molar-refractivity contribution in [2.75, 3.05) is 0 Å². The van der Waals surface area contributed by atoms with Crippen LogP contribution in [-0.2, 0) is 4.79 Å². The third-order valence-corrected chi connectivity index (χ3v) is 0. The summed E-state index contributed by atoms with van der Waals surface area (Å²) in [4.78, 5) is 11.6. The molecular weight excluding hydrogens is 128 g/mol. The first-order valence-corrected chi connectivity index (χ1v) is 1.32. The van der Waals surface area contributed by atoms with E-state index in [1.807, 2.05) is 0 Å². The van der Waals surface area contributed by atoms with Gasteiger partial charge in [0.2, 0.25) is 0 Å². The number of hydrogen-bond donors (Lipinski definition) is 2. The molecule has 0 amide bonds. The smallest absolute Gasteiger partial charge is 0.290 e. The Bertz CT molecular complexity index is 94.2. The van der Waals surface area contributed by atoms with E-state index < -0.39 is 0 Å². The number of carbonyl (C=O) groups is 1. The summed E-state index contributed by atoms with van der Waals surface area (Å²) in [6, 6.07) is 0. The predicted octanol–water partition coefficient (Wildman–Crippen LogP) is 1.44. The maximum Gasteiger partial charge on any atom is 0.290 e. The number of nitrogens with zero attached hydrogens (tertiary/aromatic N) is 5. The highest BCUT2D eigenvalue weighted by Crippen LogP contribution is 1.29. The van der Waals surface area contributed by atoms with Gasteiger partial charge in [-0.25, -0.2) is 0 Å². The van der Waals surface area contributed by atoms with Gasteiger partial charge in [-0.1, -0.05) is 0 Å². The highest BCUT2D eigenvalue weighted by atomic mass is 16.3. The number of hydrogen-bond acceptors (Lipinski definition) is 2. The highest BCUT2D eigenvalue weighted by molar-refractivity contribution is 5.32. The van der Waals surface area contributed by atoms with Crippen LogP contribution in [0.5, 0.6) is 0 Å². The highest BCUT2D eigenvalue weighted by Gasteiger charge is 1.22. The Balaban J connectivity index is -0.0000000600. The Labute approximate surface area is 49.6 Å². The Hall–Kier alpha value is -1.91. The lowest BCUT2D eigenvalue weighted by molar-refractivity contribution is -0.122. The van der Waals surface area contributed by atoms with Gasteiger partial charge in [-0.05, 0) is 10.4 Å². The summed E-state index contributed by atoms with van der Waals surface area (Å²) < 4.78 is 0. The summed E-state index contributed by atoms with van der Waals surface area (Å²) in [5, 5.41) is 6.89. The molecule has 8 nitrogen and oxygen atoms in total. The molecular formula is CH3N6O2-. The summed E-state index contributed by atoms with van der Waals surface area (Å²) in [5.74, 6) is 0. The monoisotopic (exact) mass is 131 g/mol. The minimum absolute atomic E-state index is 0.250. The first kappa shape index (κ1) is 15.7. The van der Waals surface area contributed by atoms with Crippen LogP contribution in [0.2, 0.25) is 0 Å². The first-order valence-electron chi connectivity index (χ1n) is 1.32. The summed E-state index contributed by atoms with van der Waals surface area (Å²) in [7, 11) is 0. The van der Waals surface area contributed by atoms with E-state index in [1.165, 1.54) is 4.91 Å². The van der Waals surface area contributed by atoms with Gasteiger partial charge < -0.3 is 16.2 Å². The summed E-state index contributed by atoms with van der Waals surface area (Å²) >= 11 is 0. The van der Waals surface area contributed by atoms with E-state index in [0.717, 1.165) is 0 Å². The standard InChI is InChI=1S/CH2O2.HN3.N3/c2-1-3;2*1-3-2/h1H,(H,2,3);1H;/q;;-1. The Kier molecular flexibility index (Phi) is 232. The van der Waals surface area contributed by atoms with Gasteiger partial charge in [0.05, 0.1) is 0 Å². The van der Waals surface area contributed by atoms with E-state index in [-0.39, 0.29) is 6.47 Å². The molecule has 0 atom stereocenters. The van der Waals surface area contributed by atoms with Crippen molar-refractivity contribution in [1.82, 2.24) is 0 Å². The zero-order valence-corrected chi connectivity index (χ0v) is 4.17. The van der Waals surface area contributed by atoms with Gasteiger partial charge in [-0.3, -0.25) is 9.71 Å². The van der Waals surface area contributed by atoms with Crippen molar-refractivity contribution in [3.8, 4) is 0 Å². The van der Waals surface area contributed by atoms with Crippen molar-refractivity contribution >= 4 is 6.47 Å². The van der Waals surface area contributed by atoms with Gasteiger partial charge in [0.25, 0.3) is 6.47 Å². The summed E-state index contributed by atoms with van der Waals surface area (Å²) in [6.07, 6.45) is 0. The fourth-order valence-electron chi connectivity index (χ4n) is 0. The van der Waals surface area contributed by atoms with Gasteiger partial charge in [0.15, 0.2) is 0 Å². The van der Waals surface area contributed by atoms with Gasteiger partial charge >= 0.3 is 0 Å². The van der Waals surface area contributed by atoms with Crippen molar-refractivity contribution in [2.24, 2.45) is 0 Å². The molecule has 8 heteroatoms. The SMILES string of the molecule is O=CO.[N-]=[N+]=N.[N-]=[N+]=[N-]. The molecule has 0 saturated heterocycles. The lowest BCUT2D eigenvalue weighted by Crippen LogP contribution is -1.49. The maximum atomic E-state index is 8.36. The van der Waals surface area contributed by atoms with E-state index >= 15 is 0 Å². The third kappa shape index (κ3) is 27.9. The van der Waals surface area contributed by atoms with Crippen LogP contribution in [-0.4, -0.2) is 11.6 Å². The molecule has 50 valence electrons. The van der Waals surface area contributed by atoms with Crippen LogP contribution in [0.1, 0.15) is 0 Å². The average molecular weight is 131 g/mol. The zero-order valence-electron chi connectivity index (χ0n) is 4.17. The predicted molar refractivity (Wildman–Crippen MR) is 28.2 cm³/mol. The minimum Gasteiger partial charge on any atom is -0.483 e. The van der Waals surface area contributed by atoms with Crippen molar-refractivity contribution in [1.29, 1.82) is 5.53 Å². The second-order valence-electron chi connectivity index (χ2n) is 0.295. The van der Waals surface area contributed by atoms with Gasteiger partial charge in [-0.15, -0.1) is 5.53 Å². The van der Waals surface area contributed by atoms with Crippen LogP contribution < -0.4 is 0 Å². The van der Waals surface area contributed by atoms with Crippen molar-refractivity contribution in [3.05, 3.63) is 26.4 Å². The maximum absolute atomic E-state index is 8.36. The lowest BCUT2D eigenvalue weighted by atomic mass is 11.7. The zero-order chi connectivity index (χ0) is 8.12. The second-order valence-corrected chi connectivity index (χ2v) is 0.295. The van der Waals surface area contributed by atoms with E-state index in [0.29, 0.717) is 0 Å². The number of nitrogens with one attached hydrogen (secondary N) is 1. The molecule has 0 aliphatic carbocycles. The molecule has 0 heterocycles. The van der Waals surface area contributed by atoms with Crippen LogP contribution in [0.4, 0.5) is 0 Å². The molecule has 0 unspecified atom stereocenters. The molecule has 0 aliphatic rings. The van der Waals surface area contributed by atoms with Crippen LogP contribution in [0.15, 0.2) is 0 Å². The quantitative estimate of drug-likeness (QED) is 0.220.